The van der Waals surface area contributed by atoms with E-state index in [9.17, 15) is 4.79 Å². The van der Waals surface area contributed by atoms with Gasteiger partial charge in [0.2, 0.25) is 5.91 Å². The van der Waals surface area contributed by atoms with Crippen LogP contribution in [0.2, 0.25) is 0 Å². The minimum Gasteiger partial charge on any atom is -0.493 e. The Morgan fingerprint density at radius 2 is 1.92 bits per heavy atom. The average Bonchev–Trinajstić information content (AvgIpc) is 2.88. The minimum atomic E-state index is 0.0943. The van der Waals surface area contributed by atoms with E-state index in [-0.39, 0.29) is 11.3 Å². The quantitative estimate of drug-likeness (QED) is 0.897. The van der Waals surface area contributed by atoms with Crippen LogP contribution >= 0.6 is 0 Å². The second-order valence-corrected chi connectivity index (χ2v) is 8.10. The van der Waals surface area contributed by atoms with Crippen molar-refractivity contribution in [2.24, 2.45) is 16.7 Å². The van der Waals surface area contributed by atoms with Crippen molar-refractivity contribution in [3.05, 3.63) is 23.8 Å². The first-order valence-corrected chi connectivity index (χ1v) is 8.82. The van der Waals surface area contributed by atoms with Gasteiger partial charge in [0.25, 0.3) is 0 Å². The summed E-state index contributed by atoms with van der Waals surface area (Å²) in [5.74, 6) is 2.17. The number of nitrogens with one attached hydrogen (secondary N) is 1. The van der Waals surface area contributed by atoms with Gasteiger partial charge in [-0.3, -0.25) is 4.79 Å². The molecule has 3 unspecified atom stereocenters. The van der Waals surface area contributed by atoms with Gasteiger partial charge in [0.05, 0.1) is 20.6 Å². The van der Waals surface area contributed by atoms with Crippen LogP contribution in [0, 0.1) is 16.7 Å². The first-order chi connectivity index (χ1) is 11.3. The Labute approximate surface area is 144 Å². The Bertz CT molecular complexity index is 640. The summed E-state index contributed by atoms with van der Waals surface area (Å²) in [5, 5.41) is 3.31. The van der Waals surface area contributed by atoms with Crippen molar-refractivity contribution in [3.8, 4) is 11.5 Å². The molecule has 4 heteroatoms. The number of hydrogen-bond donors (Lipinski definition) is 1. The summed E-state index contributed by atoms with van der Waals surface area (Å²) in [7, 11) is 3.22. The van der Waals surface area contributed by atoms with Crippen LogP contribution in [0.15, 0.2) is 18.2 Å². The van der Waals surface area contributed by atoms with Gasteiger partial charge in [-0.15, -0.1) is 0 Å². The molecule has 1 aromatic rings. The molecule has 3 atom stereocenters. The number of ether oxygens (including phenoxy) is 2. The molecule has 2 aliphatic rings. The first kappa shape index (κ1) is 17.1. The van der Waals surface area contributed by atoms with E-state index in [1.165, 1.54) is 12.8 Å². The number of hydrogen-bond acceptors (Lipinski definition) is 3. The molecule has 0 aromatic heterocycles. The van der Waals surface area contributed by atoms with E-state index in [0.717, 1.165) is 17.9 Å². The third-order valence-electron chi connectivity index (χ3n) is 6.94. The molecule has 2 fully saturated rings. The van der Waals surface area contributed by atoms with Crippen LogP contribution in [0.3, 0.4) is 0 Å². The van der Waals surface area contributed by atoms with Crippen molar-refractivity contribution >= 4 is 5.91 Å². The summed E-state index contributed by atoms with van der Waals surface area (Å²) in [4.78, 5) is 12.6. The van der Waals surface area contributed by atoms with E-state index in [0.29, 0.717) is 29.4 Å². The van der Waals surface area contributed by atoms with Crippen molar-refractivity contribution < 1.29 is 14.3 Å². The van der Waals surface area contributed by atoms with Crippen LogP contribution in [0.1, 0.15) is 45.6 Å². The van der Waals surface area contributed by atoms with Crippen molar-refractivity contribution in [2.45, 2.75) is 52.5 Å². The van der Waals surface area contributed by atoms with Gasteiger partial charge in [-0.2, -0.15) is 0 Å². The molecule has 24 heavy (non-hydrogen) atoms. The highest BCUT2D eigenvalue weighted by Gasteiger charge is 2.61. The third kappa shape index (κ3) is 2.56. The normalized spacial score (nSPS) is 30.2. The van der Waals surface area contributed by atoms with Gasteiger partial charge < -0.3 is 14.8 Å². The topological polar surface area (TPSA) is 47.6 Å². The summed E-state index contributed by atoms with van der Waals surface area (Å²) in [5.41, 5.74) is 1.47. The molecule has 0 aliphatic heterocycles. The number of benzene rings is 1. The third-order valence-corrected chi connectivity index (χ3v) is 6.94. The fraction of sp³-hybridized carbons (Fsp3) is 0.650. The molecule has 2 saturated carbocycles. The SMILES string of the molecule is COc1ccc(CC(=O)NC2CC3CCC2(C)C3(C)C)cc1OC. The lowest BCUT2D eigenvalue weighted by Crippen LogP contribution is -2.47. The molecule has 0 radical (unpaired) electrons. The zero-order valence-corrected chi connectivity index (χ0v) is 15.4. The number of methoxy groups -OCH3 is 2. The predicted molar refractivity (Wildman–Crippen MR) is 94.4 cm³/mol. The van der Waals surface area contributed by atoms with Crippen molar-refractivity contribution in [1.82, 2.24) is 5.32 Å². The highest BCUT2D eigenvalue weighted by atomic mass is 16.5. The molecule has 132 valence electrons. The highest BCUT2D eigenvalue weighted by Crippen LogP contribution is 2.65. The molecule has 2 bridgehead atoms. The van der Waals surface area contributed by atoms with Crippen molar-refractivity contribution in [2.75, 3.05) is 14.2 Å². The Kier molecular flexibility index (Phi) is 4.27. The predicted octanol–water partition coefficient (Wildman–Crippen LogP) is 3.58. The van der Waals surface area contributed by atoms with E-state index < -0.39 is 0 Å². The molecule has 0 spiro atoms. The summed E-state index contributed by atoms with van der Waals surface area (Å²) in [6.07, 6.45) is 4.00. The lowest BCUT2D eigenvalue weighted by Gasteiger charge is -2.39. The van der Waals surface area contributed by atoms with Gasteiger partial charge in [-0.1, -0.05) is 26.8 Å². The number of fused-ring (bicyclic) bond motifs is 2. The largest absolute Gasteiger partial charge is 0.493 e. The molecule has 1 aromatic carbocycles. The van der Waals surface area contributed by atoms with Gasteiger partial charge in [0, 0.05) is 6.04 Å². The lowest BCUT2D eigenvalue weighted by atomic mass is 9.69. The van der Waals surface area contributed by atoms with Crippen LogP contribution in [0.5, 0.6) is 11.5 Å². The Morgan fingerprint density at radius 1 is 1.21 bits per heavy atom. The molecule has 2 aliphatic carbocycles. The maximum Gasteiger partial charge on any atom is 0.224 e. The van der Waals surface area contributed by atoms with E-state index in [1.54, 1.807) is 14.2 Å². The lowest BCUT2D eigenvalue weighted by molar-refractivity contribution is -0.122. The van der Waals surface area contributed by atoms with Crippen molar-refractivity contribution in [3.63, 3.8) is 0 Å². The minimum absolute atomic E-state index is 0.0943. The smallest absolute Gasteiger partial charge is 0.224 e. The maximum atomic E-state index is 12.6. The van der Waals surface area contributed by atoms with Gasteiger partial charge in [-0.05, 0) is 53.7 Å². The van der Waals surface area contributed by atoms with Gasteiger partial charge in [-0.25, -0.2) is 0 Å². The summed E-state index contributed by atoms with van der Waals surface area (Å²) < 4.78 is 10.6. The average molecular weight is 331 g/mol. The van der Waals surface area contributed by atoms with Gasteiger partial charge >= 0.3 is 0 Å². The van der Waals surface area contributed by atoms with E-state index in [1.807, 2.05) is 18.2 Å². The summed E-state index contributed by atoms with van der Waals surface area (Å²) in [6, 6.07) is 5.95. The molecule has 0 heterocycles. The van der Waals surface area contributed by atoms with Crippen LogP contribution in [-0.4, -0.2) is 26.2 Å². The molecular formula is C20H29NO3. The molecule has 1 N–H and O–H groups in total. The molecule has 4 nitrogen and oxygen atoms in total. The Hall–Kier alpha value is -1.71. The van der Waals surface area contributed by atoms with Crippen LogP contribution in [0.4, 0.5) is 0 Å². The number of carbonyl (C=O) groups excluding carboxylic acids is 1. The van der Waals surface area contributed by atoms with E-state index in [4.69, 9.17) is 9.47 Å². The number of amides is 1. The van der Waals surface area contributed by atoms with Crippen LogP contribution < -0.4 is 14.8 Å². The van der Waals surface area contributed by atoms with Gasteiger partial charge in [0.15, 0.2) is 11.5 Å². The second-order valence-electron chi connectivity index (χ2n) is 8.10. The Morgan fingerprint density at radius 3 is 2.46 bits per heavy atom. The van der Waals surface area contributed by atoms with E-state index in [2.05, 4.69) is 26.1 Å². The fourth-order valence-corrected chi connectivity index (χ4v) is 4.84. The molecule has 3 rings (SSSR count). The maximum absolute atomic E-state index is 12.6. The van der Waals surface area contributed by atoms with Crippen LogP contribution in [0.25, 0.3) is 0 Å². The zero-order valence-electron chi connectivity index (χ0n) is 15.4. The van der Waals surface area contributed by atoms with E-state index >= 15 is 0 Å². The van der Waals surface area contributed by atoms with Gasteiger partial charge in [0.1, 0.15) is 0 Å². The fourth-order valence-electron chi connectivity index (χ4n) is 4.84. The monoisotopic (exact) mass is 331 g/mol. The molecule has 0 saturated heterocycles. The first-order valence-electron chi connectivity index (χ1n) is 8.82. The Balaban J connectivity index is 1.67. The molecule has 1 amide bonds. The number of rotatable bonds is 5. The standard InChI is InChI=1S/C20H29NO3/c1-19(2)14-8-9-20(19,3)17(12-14)21-18(22)11-13-6-7-15(23-4)16(10-13)24-5/h6-7,10,14,17H,8-9,11-12H2,1-5H3,(H,21,22). The second kappa shape index (κ2) is 5.98. The summed E-state index contributed by atoms with van der Waals surface area (Å²) in [6.45, 7) is 7.08. The molecular weight excluding hydrogens is 302 g/mol. The van der Waals surface area contributed by atoms with Crippen LogP contribution in [-0.2, 0) is 11.2 Å². The number of carbonyl (C=O) groups is 1. The van der Waals surface area contributed by atoms with Crippen molar-refractivity contribution in [1.29, 1.82) is 0 Å². The summed E-state index contributed by atoms with van der Waals surface area (Å²) >= 11 is 0. The zero-order chi connectivity index (χ0) is 17.5. The highest BCUT2D eigenvalue weighted by molar-refractivity contribution is 5.79.